The van der Waals surface area contributed by atoms with Gasteiger partial charge in [0, 0.05) is 37.4 Å². The third kappa shape index (κ3) is 8.41. The molecule has 160 valence electrons. The molecule has 1 aliphatic heterocycles. The van der Waals surface area contributed by atoms with Gasteiger partial charge in [-0.25, -0.2) is 4.79 Å². The Morgan fingerprint density at radius 1 is 1.07 bits per heavy atom. The predicted octanol–water partition coefficient (Wildman–Crippen LogP) is 2.78. The Kier molecular flexibility index (Phi) is 9.27. The van der Waals surface area contributed by atoms with Gasteiger partial charge in [-0.2, -0.15) is 0 Å². The number of benzene rings is 1. The topological polar surface area (TPSA) is 114 Å². The quantitative estimate of drug-likeness (QED) is 0.410. The highest BCUT2D eigenvalue weighted by atomic mass is 16.5. The van der Waals surface area contributed by atoms with Crippen LogP contribution in [0.2, 0.25) is 0 Å². The molecule has 1 aromatic carbocycles. The molecule has 1 saturated heterocycles. The van der Waals surface area contributed by atoms with E-state index in [2.05, 4.69) is 15.5 Å². The van der Waals surface area contributed by atoms with Crippen molar-refractivity contribution >= 4 is 29.3 Å². The molecule has 0 bridgehead atoms. The normalized spacial score (nSPS) is 14.7. The summed E-state index contributed by atoms with van der Waals surface area (Å²) in [6, 6.07) is 7.20. The van der Waals surface area contributed by atoms with Crippen LogP contribution in [-0.4, -0.2) is 43.6 Å². The molecule has 0 spiro atoms. The molecule has 0 saturated carbocycles. The highest BCUT2D eigenvalue weighted by molar-refractivity contribution is 5.95. The van der Waals surface area contributed by atoms with Gasteiger partial charge in [-0.05, 0) is 63.3 Å². The maximum Gasteiger partial charge on any atom is 0.312 e. The molecular weight excluding hydrogens is 372 g/mol. The fourth-order valence-corrected chi connectivity index (χ4v) is 3.24. The maximum atomic E-state index is 12.3. The second-order valence-corrected chi connectivity index (χ2v) is 7.32. The van der Waals surface area contributed by atoms with E-state index in [1.165, 1.54) is 19.3 Å². The number of primary amides is 1. The van der Waals surface area contributed by atoms with E-state index >= 15 is 0 Å². The number of hydrogen-bond donors (Lipinski definition) is 3. The number of nitrogens with zero attached hydrogens (tertiary/aromatic N) is 1. The van der Waals surface area contributed by atoms with E-state index in [-0.39, 0.29) is 12.3 Å². The van der Waals surface area contributed by atoms with Crippen molar-refractivity contribution in [3.8, 4) is 0 Å². The van der Waals surface area contributed by atoms with Crippen LogP contribution in [0.25, 0.3) is 0 Å². The van der Waals surface area contributed by atoms with Gasteiger partial charge in [0.1, 0.15) is 0 Å². The van der Waals surface area contributed by atoms with Gasteiger partial charge in [0.2, 0.25) is 0 Å². The number of esters is 1. The molecule has 1 fully saturated rings. The molecule has 1 aromatic rings. The van der Waals surface area contributed by atoms with Crippen molar-refractivity contribution in [1.29, 1.82) is 0 Å². The van der Waals surface area contributed by atoms with Crippen LogP contribution in [0.1, 0.15) is 51.9 Å². The number of hydrogen-bond acceptors (Lipinski definition) is 5. The molecule has 4 N–H and O–H groups in total. The molecule has 8 nitrogen and oxygen atoms in total. The van der Waals surface area contributed by atoms with Gasteiger partial charge < -0.3 is 26.0 Å². The summed E-state index contributed by atoms with van der Waals surface area (Å²) in [5.41, 5.74) is 6.81. The first kappa shape index (κ1) is 22.5. The van der Waals surface area contributed by atoms with Gasteiger partial charge >= 0.3 is 12.0 Å². The zero-order chi connectivity index (χ0) is 21.1. The molecule has 1 aliphatic rings. The lowest BCUT2D eigenvalue weighted by molar-refractivity contribution is -0.153. The smallest absolute Gasteiger partial charge is 0.312 e. The minimum atomic E-state index is -0.860. The zero-order valence-corrected chi connectivity index (χ0v) is 17.1. The predicted molar refractivity (Wildman–Crippen MR) is 113 cm³/mol. The standard InChI is InChI=1S/C21H32N4O4/c1-16(29-19(26)8-4-2-5-13-23-21(22)28)20(27)24-17-9-11-18(12-10-17)25-14-6-3-7-15-25/h9-12,16H,2-8,13-15H2,1H3,(H,24,27)(H3,22,23,28)/t16-/m0/s1. The summed E-state index contributed by atoms with van der Waals surface area (Å²) in [7, 11) is 0. The van der Waals surface area contributed by atoms with Crippen molar-refractivity contribution in [2.24, 2.45) is 5.73 Å². The van der Waals surface area contributed by atoms with Crippen LogP contribution < -0.4 is 21.3 Å². The molecule has 1 heterocycles. The Morgan fingerprint density at radius 3 is 2.41 bits per heavy atom. The van der Waals surface area contributed by atoms with Gasteiger partial charge in [0.05, 0.1) is 0 Å². The van der Waals surface area contributed by atoms with Gasteiger partial charge in [0.25, 0.3) is 5.91 Å². The average Bonchev–Trinajstić information content (AvgIpc) is 2.71. The van der Waals surface area contributed by atoms with Gasteiger partial charge in [0.15, 0.2) is 6.10 Å². The number of carbonyl (C=O) groups excluding carboxylic acids is 3. The number of rotatable bonds is 10. The highest BCUT2D eigenvalue weighted by Gasteiger charge is 2.18. The summed E-state index contributed by atoms with van der Waals surface area (Å²) >= 11 is 0. The Hall–Kier alpha value is -2.77. The SMILES string of the molecule is C[C@H](OC(=O)CCCCCNC(N)=O)C(=O)Nc1ccc(N2CCCCC2)cc1. The monoisotopic (exact) mass is 404 g/mol. The molecule has 0 aromatic heterocycles. The molecule has 29 heavy (non-hydrogen) atoms. The van der Waals surface area contributed by atoms with Gasteiger partial charge in [-0.1, -0.05) is 6.42 Å². The summed E-state index contributed by atoms with van der Waals surface area (Å²) in [5, 5.41) is 5.28. The molecule has 1 atom stereocenters. The first-order valence-electron chi connectivity index (χ1n) is 10.3. The largest absolute Gasteiger partial charge is 0.453 e. The summed E-state index contributed by atoms with van der Waals surface area (Å²) < 4.78 is 5.20. The molecule has 8 heteroatoms. The summed E-state index contributed by atoms with van der Waals surface area (Å²) in [5.74, 6) is -0.759. The molecule has 0 unspecified atom stereocenters. The Balaban J connectivity index is 1.67. The Bertz CT molecular complexity index is 672. The van der Waals surface area contributed by atoms with Crippen molar-refractivity contribution in [2.75, 3.05) is 29.9 Å². The minimum Gasteiger partial charge on any atom is -0.453 e. The molecule has 3 amide bonds. The third-order valence-corrected chi connectivity index (χ3v) is 4.89. The van der Waals surface area contributed by atoms with Crippen LogP contribution >= 0.6 is 0 Å². The first-order chi connectivity index (χ1) is 14.0. The summed E-state index contributed by atoms with van der Waals surface area (Å²) in [4.78, 5) is 37.0. The van der Waals surface area contributed by atoms with Crippen LogP contribution in [0.15, 0.2) is 24.3 Å². The van der Waals surface area contributed by atoms with Crippen molar-refractivity contribution in [1.82, 2.24) is 5.32 Å². The number of amides is 3. The number of unbranched alkanes of at least 4 members (excludes halogenated alkanes) is 2. The second-order valence-electron chi connectivity index (χ2n) is 7.32. The van der Waals surface area contributed by atoms with Crippen molar-refractivity contribution < 1.29 is 19.1 Å². The number of nitrogens with one attached hydrogen (secondary N) is 2. The van der Waals surface area contributed by atoms with E-state index in [1.807, 2.05) is 24.3 Å². The molecule has 0 aliphatic carbocycles. The summed E-state index contributed by atoms with van der Waals surface area (Å²) in [6.07, 6.45) is 5.22. The highest BCUT2D eigenvalue weighted by Crippen LogP contribution is 2.22. The fraction of sp³-hybridized carbons (Fsp3) is 0.571. The number of carbonyl (C=O) groups is 3. The van der Waals surface area contributed by atoms with Crippen LogP contribution in [0.3, 0.4) is 0 Å². The van der Waals surface area contributed by atoms with Crippen LogP contribution in [-0.2, 0) is 14.3 Å². The van der Waals surface area contributed by atoms with E-state index in [4.69, 9.17) is 10.5 Å². The van der Waals surface area contributed by atoms with E-state index in [1.54, 1.807) is 6.92 Å². The fourth-order valence-electron chi connectivity index (χ4n) is 3.24. The third-order valence-electron chi connectivity index (χ3n) is 4.89. The summed E-state index contributed by atoms with van der Waals surface area (Å²) in [6.45, 7) is 4.19. The molecular formula is C21H32N4O4. The number of ether oxygens (including phenoxy) is 1. The van der Waals surface area contributed by atoms with Crippen LogP contribution in [0.5, 0.6) is 0 Å². The molecule has 0 radical (unpaired) electrons. The lowest BCUT2D eigenvalue weighted by Gasteiger charge is -2.28. The first-order valence-corrected chi connectivity index (χ1v) is 10.3. The Labute approximate surface area is 172 Å². The second kappa shape index (κ2) is 11.9. The number of urea groups is 1. The van der Waals surface area contributed by atoms with E-state index in [0.717, 1.165) is 31.6 Å². The molecule has 2 rings (SSSR count). The Morgan fingerprint density at radius 2 is 1.76 bits per heavy atom. The maximum absolute atomic E-state index is 12.3. The van der Waals surface area contributed by atoms with Gasteiger partial charge in [-0.3, -0.25) is 9.59 Å². The number of piperidine rings is 1. The van der Waals surface area contributed by atoms with Crippen molar-refractivity contribution in [2.45, 2.75) is 58.0 Å². The number of nitrogens with two attached hydrogens (primary N) is 1. The average molecular weight is 405 g/mol. The van der Waals surface area contributed by atoms with Crippen molar-refractivity contribution in [3.63, 3.8) is 0 Å². The lowest BCUT2D eigenvalue weighted by Crippen LogP contribution is -2.30. The zero-order valence-electron chi connectivity index (χ0n) is 17.1. The number of anilines is 2. The van der Waals surface area contributed by atoms with Crippen molar-refractivity contribution in [3.05, 3.63) is 24.3 Å². The van der Waals surface area contributed by atoms with Crippen LogP contribution in [0, 0.1) is 0 Å². The van der Waals surface area contributed by atoms with Gasteiger partial charge in [-0.15, -0.1) is 0 Å². The van der Waals surface area contributed by atoms with Crippen LogP contribution in [0.4, 0.5) is 16.2 Å². The minimum absolute atomic E-state index is 0.235. The lowest BCUT2D eigenvalue weighted by atomic mass is 10.1. The van der Waals surface area contributed by atoms with E-state index < -0.39 is 18.1 Å². The van der Waals surface area contributed by atoms with E-state index in [0.29, 0.717) is 18.7 Å². The van der Waals surface area contributed by atoms with E-state index in [9.17, 15) is 14.4 Å².